The molecule has 1 rings (SSSR count). The third-order valence-corrected chi connectivity index (χ3v) is 3.43. The van der Waals surface area contributed by atoms with Gasteiger partial charge in [0.2, 0.25) is 11.8 Å². The lowest BCUT2D eigenvalue weighted by molar-refractivity contribution is -0.143. The topological polar surface area (TPSA) is 86.7 Å². The van der Waals surface area contributed by atoms with Crippen molar-refractivity contribution in [2.45, 2.75) is 45.6 Å². The van der Waals surface area contributed by atoms with Crippen LogP contribution in [0.5, 0.6) is 0 Å². The van der Waals surface area contributed by atoms with Crippen LogP contribution in [0.15, 0.2) is 0 Å². The first kappa shape index (κ1) is 15.5. The minimum atomic E-state index is -1.01. The zero-order valence-electron chi connectivity index (χ0n) is 11.5. The molecule has 0 spiro atoms. The molecule has 2 amide bonds. The van der Waals surface area contributed by atoms with Crippen molar-refractivity contribution in [2.24, 2.45) is 5.92 Å². The zero-order valence-corrected chi connectivity index (χ0v) is 11.5. The van der Waals surface area contributed by atoms with E-state index in [1.807, 2.05) is 6.92 Å². The van der Waals surface area contributed by atoms with Crippen molar-refractivity contribution in [3.63, 3.8) is 0 Å². The Balaban J connectivity index is 2.56. The van der Waals surface area contributed by atoms with Crippen LogP contribution in [0.2, 0.25) is 0 Å². The van der Waals surface area contributed by atoms with Crippen molar-refractivity contribution in [1.82, 2.24) is 10.2 Å². The average molecular weight is 270 g/mol. The Morgan fingerprint density at radius 2 is 2.11 bits per heavy atom. The number of nitrogens with one attached hydrogen (secondary N) is 1. The second-order valence-corrected chi connectivity index (χ2v) is 4.99. The van der Waals surface area contributed by atoms with Crippen LogP contribution in [0.3, 0.4) is 0 Å². The maximum Gasteiger partial charge on any atom is 0.326 e. The maximum atomic E-state index is 12.0. The predicted molar refractivity (Wildman–Crippen MR) is 69.5 cm³/mol. The van der Waals surface area contributed by atoms with E-state index in [9.17, 15) is 14.4 Å². The van der Waals surface area contributed by atoms with E-state index in [4.69, 9.17) is 5.11 Å². The smallest absolute Gasteiger partial charge is 0.326 e. The molecule has 1 unspecified atom stereocenters. The van der Waals surface area contributed by atoms with Crippen LogP contribution in [0.25, 0.3) is 0 Å². The second kappa shape index (κ2) is 7.11. The summed E-state index contributed by atoms with van der Waals surface area (Å²) in [7, 11) is 0. The number of carbonyl (C=O) groups is 3. The first-order valence-electron chi connectivity index (χ1n) is 6.74. The van der Waals surface area contributed by atoms with Gasteiger partial charge < -0.3 is 15.3 Å². The minimum Gasteiger partial charge on any atom is -0.480 e. The Kier molecular flexibility index (Phi) is 5.79. The number of carboxylic acid groups (broad SMARTS) is 1. The van der Waals surface area contributed by atoms with E-state index in [1.165, 1.54) is 6.92 Å². The molecule has 0 aromatic rings. The minimum absolute atomic E-state index is 0.0409. The lowest BCUT2D eigenvalue weighted by atomic mass is 9.96. The van der Waals surface area contributed by atoms with Crippen LogP contribution in [-0.4, -0.2) is 46.9 Å². The molecule has 0 aromatic carbocycles. The van der Waals surface area contributed by atoms with Crippen molar-refractivity contribution in [3.05, 3.63) is 0 Å². The van der Waals surface area contributed by atoms with Crippen LogP contribution >= 0.6 is 0 Å². The molecule has 6 heteroatoms. The number of piperidine rings is 1. The number of likely N-dealkylation sites (tertiary alicyclic amines) is 1. The number of rotatable bonds is 5. The van der Waals surface area contributed by atoms with Gasteiger partial charge in [-0.2, -0.15) is 0 Å². The third-order valence-electron chi connectivity index (χ3n) is 3.43. The largest absolute Gasteiger partial charge is 0.480 e. The standard InChI is InChI=1S/C13H22N2O4/c1-3-5-11(13(18)19)14-12(17)10-6-4-7-15(8-10)9(2)16/h10-11H,3-8H2,1-2H3,(H,14,17)(H,18,19)/t10?,11-/m1/s1. The fourth-order valence-corrected chi connectivity index (χ4v) is 2.31. The Morgan fingerprint density at radius 1 is 1.42 bits per heavy atom. The Labute approximate surface area is 113 Å². The SMILES string of the molecule is CCC[C@@H](NC(=O)C1CCCN(C(C)=O)C1)C(=O)O. The summed E-state index contributed by atoms with van der Waals surface area (Å²) in [5.74, 6) is -1.60. The normalized spacial score (nSPS) is 20.7. The third kappa shape index (κ3) is 4.54. The van der Waals surface area contributed by atoms with Gasteiger partial charge in [0.25, 0.3) is 0 Å². The molecule has 0 aliphatic carbocycles. The van der Waals surface area contributed by atoms with Crippen molar-refractivity contribution in [1.29, 1.82) is 0 Å². The fraction of sp³-hybridized carbons (Fsp3) is 0.769. The molecule has 0 saturated carbocycles. The van der Waals surface area contributed by atoms with E-state index in [0.717, 1.165) is 6.42 Å². The molecule has 1 saturated heterocycles. The molecule has 19 heavy (non-hydrogen) atoms. The highest BCUT2D eigenvalue weighted by Gasteiger charge is 2.29. The monoisotopic (exact) mass is 270 g/mol. The molecule has 6 nitrogen and oxygen atoms in total. The van der Waals surface area contributed by atoms with Gasteiger partial charge in [0.05, 0.1) is 5.92 Å². The Hall–Kier alpha value is -1.59. The predicted octanol–water partition coefficient (Wildman–Crippen LogP) is 0.614. The molecular formula is C13H22N2O4. The van der Waals surface area contributed by atoms with E-state index < -0.39 is 12.0 Å². The van der Waals surface area contributed by atoms with E-state index in [-0.39, 0.29) is 17.7 Å². The van der Waals surface area contributed by atoms with Gasteiger partial charge in [-0.3, -0.25) is 9.59 Å². The number of amides is 2. The molecule has 1 heterocycles. The highest BCUT2D eigenvalue weighted by Crippen LogP contribution is 2.17. The summed E-state index contributed by atoms with van der Waals surface area (Å²) in [6, 6.07) is -0.829. The quantitative estimate of drug-likeness (QED) is 0.766. The molecule has 2 N–H and O–H groups in total. The van der Waals surface area contributed by atoms with E-state index in [2.05, 4.69) is 5.32 Å². The molecule has 1 aliphatic rings. The second-order valence-electron chi connectivity index (χ2n) is 4.99. The van der Waals surface area contributed by atoms with Crippen LogP contribution in [0.1, 0.15) is 39.5 Å². The summed E-state index contributed by atoms with van der Waals surface area (Å²) in [6.07, 6.45) is 2.60. The number of aliphatic carboxylic acids is 1. The van der Waals surface area contributed by atoms with E-state index in [1.54, 1.807) is 4.90 Å². The Morgan fingerprint density at radius 3 is 2.63 bits per heavy atom. The van der Waals surface area contributed by atoms with Gasteiger partial charge in [-0.25, -0.2) is 4.79 Å². The molecule has 0 radical (unpaired) electrons. The summed E-state index contributed by atoms with van der Waals surface area (Å²) >= 11 is 0. The lowest BCUT2D eigenvalue weighted by Crippen LogP contribution is -2.49. The van der Waals surface area contributed by atoms with Crippen molar-refractivity contribution in [3.8, 4) is 0 Å². The summed E-state index contributed by atoms with van der Waals surface area (Å²) < 4.78 is 0. The summed E-state index contributed by atoms with van der Waals surface area (Å²) in [5, 5.41) is 11.6. The van der Waals surface area contributed by atoms with Crippen LogP contribution in [0.4, 0.5) is 0 Å². The average Bonchev–Trinajstić information content (AvgIpc) is 2.38. The first-order chi connectivity index (χ1) is 8.95. The van der Waals surface area contributed by atoms with E-state index >= 15 is 0 Å². The highest BCUT2D eigenvalue weighted by atomic mass is 16.4. The molecular weight excluding hydrogens is 248 g/mol. The molecule has 0 bridgehead atoms. The summed E-state index contributed by atoms with van der Waals surface area (Å²) in [4.78, 5) is 36.0. The van der Waals surface area contributed by atoms with Crippen LogP contribution in [0, 0.1) is 5.92 Å². The zero-order chi connectivity index (χ0) is 14.4. The lowest BCUT2D eigenvalue weighted by Gasteiger charge is -2.31. The molecule has 0 aromatic heterocycles. The summed E-state index contributed by atoms with van der Waals surface area (Å²) in [5.41, 5.74) is 0. The summed E-state index contributed by atoms with van der Waals surface area (Å²) in [6.45, 7) is 4.42. The number of hydrogen-bond acceptors (Lipinski definition) is 3. The number of hydrogen-bond donors (Lipinski definition) is 2. The van der Waals surface area contributed by atoms with Crippen molar-refractivity contribution < 1.29 is 19.5 Å². The van der Waals surface area contributed by atoms with Gasteiger partial charge in [0.15, 0.2) is 0 Å². The first-order valence-corrected chi connectivity index (χ1v) is 6.74. The molecule has 1 aliphatic heterocycles. The molecule has 108 valence electrons. The fourth-order valence-electron chi connectivity index (χ4n) is 2.31. The van der Waals surface area contributed by atoms with Gasteiger partial charge in [0.1, 0.15) is 6.04 Å². The Bertz CT molecular complexity index is 357. The van der Waals surface area contributed by atoms with E-state index in [0.29, 0.717) is 32.4 Å². The molecule has 2 atom stereocenters. The van der Waals surface area contributed by atoms with Crippen LogP contribution in [-0.2, 0) is 14.4 Å². The van der Waals surface area contributed by atoms with Gasteiger partial charge in [-0.1, -0.05) is 13.3 Å². The van der Waals surface area contributed by atoms with Gasteiger partial charge in [0, 0.05) is 20.0 Å². The number of carbonyl (C=O) groups excluding carboxylic acids is 2. The maximum absolute atomic E-state index is 12.0. The van der Waals surface area contributed by atoms with Crippen molar-refractivity contribution >= 4 is 17.8 Å². The number of carboxylic acids is 1. The number of nitrogens with zero attached hydrogens (tertiary/aromatic N) is 1. The van der Waals surface area contributed by atoms with Crippen molar-refractivity contribution in [2.75, 3.05) is 13.1 Å². The van der Waals surface area contributed by atoms with Gasteiger partial charge >= 0.3 is 5.97 Å². The molecule has 1 fully saturated rings. The van der Waals surface area contributed by atoms with Gasteiger partial charge in [-0.05, 0) is 19.3 Å². The van der Waals surface area contributed by atoms with Crippen LogP contribution < -0.4 is 5.32 Å². The van der Waals surface area contributed by atoms with Gasteiger partial charge in [-0.15, -0.1) is 0 Å². The highest BCUT2D eigenvalue weighted by molar-refractivity contribution is 5.85.